The van der Waals surface area contributed by atoms with Gasteiger partial charge in [-0.1, -0.05) is 30.4 Å². The van der Waals surface area contributed by atoms with Crippen LogP contribution in [0.1, 0.15) is 12.0 Å². The monoisotopic (exact) mass is 196 g/mol. The molecule has 1 aromatic carbocycles. The largest absolute Gasteiger partial charge is 0.496 e. The fraction of sp³-hybridized carbons (Fsp3) is 0.273. The Bertz CT molecular complexity index is 281. The summed E-state index contributed by atoms with van der Waals surface area (Å²) >= 11 is 5.56. The maximum Gasteiger partial charge on any atom is 0.126 e. The Kier molecular flexibility index (Phi) is 4.41. The van der Waals surface area contributed by atoms with Crippen molar-refractivity contribution in [2.75, 3.05) is 13.0 Å². The molecule has 1 aromatic rings. The molecule has 1 nitrogen and oxygen atoms in total. The van der Waals surface area contributed by atoms with Crippen LogP contribution in [0, 0.1) is 0 Å². The molecule has 0 fully saturated rings. The van der Waals surface area contributed by atoms with Crippen LogP contribution in [-0.4, -0.2) is 13.0 Å². The third kappa shape index (κ3) is 3.11. The zero-order chi connectivity index (χ0) is 9.52. The van der Waals surface area contributed by atoms with Crippen LogP contribution < -0.4 is 4.74 Å². The molecular weight excluding hydrogens is 184 g/mol. The summed E-state index contributed by atoms with van der Waals surface area (Å²) in [6.45, 7) is 0. The van der Waals surface area contributed by atoms with Gasteiger partial charge in [-0.05, 0) is 12.5 Å². The van der Waals surface area contributed by atoms with Crippen molar-refractivity contribution in [3.05, 3.63) is 35.9 Å². The minimum atomic E-state index is 0.658. The fourth-order valence-corrected chi connectivity index (χ4v) is 1.20. The highest BCUT2D eigenvalue weighted by Gasteiger charge is 1.95. The van der Waals surface area contributed by atoms with Gasteiger partial charge in [0, 0.05) is 11.4 Å². The summed E-state index contributed by atoms with van der Waals surface area (Å²) in [5, 5.41) is 0. The molecule has 0 aromatic heterocycles. The summed E-state index contributed by atoms with van der Waals surface area (Å²) in [4.78, 5) is 0. The molecule has 0 spiro atoms. The standard InChI is InChI=1S/C11H13ClO/c1-13-11-8-3-2-6-10(11)7-4-5-9-12/h2-4,6-8H,5,9H2,1H3. The van der Waals surface area contributed by atoms with Crippen molar-refractivity contribution in [3.63, 3.8) is 0 Å². The lowest BCUT2D eigenvalue weighted by molar-refractivity contribution is 0.414. The number of benzene rings is 1. The van der Waals surface area contributed by atoms with E-state index < -0.39 is 0 Å². The SMILES string of the molecule is COc1ccccc1C=CCCCl. The maximum absolute atomic E-state index is 5.56. The van der Waals surface area contributed by atoms with Gasteiger partial charge in [-0.15, -0.1) is 11.6 Å². The lowest BCUT2D eigenvalue weighted by Crippen LogP contribution is -1.85. The molecule has 0 saturated heterocycles. The number of para-hydroxylation sites is 1. The highest BCUT2D eigenvalue weighted by atomic mass is 35.5. The minimum Gasteiger partial charge on any atom is -0.496 e. The van der Waals surface area contributed by atoms with Crippen molar-refractivity contribution in [3.8, 4) is 5.75 Å². The molecule has 0 atom stereocenters. The molecule has 2 heteroatoms. The van der Waals surface area contributed by atoms with Crippen LogP contribution in [-0.2, 0) is 0 Å². The molecule has 0 bridgehead atoms. The first-order chi connectivity index (χ1) is 6.38. The summed E-state index contributed by atoms with van der Waals surface area (Å²) in [5.41, 5.74) is 1.09. The second kappa shape index (κ2) is 5.65. The lowest BCUT2D eigenvalue weighted by Gasteiger charge is -2.02. The summed E-state index contributed by atoms with van der Waals surface area (Å²) in [7, 11) is 1.67. The number of allylic oxidation sites excluding steroid dienone is 1. The topological polar surface area (TPSA) is 9.23 Å². The van der Waals surface area contributed by atoms with Crippen molar-refractivity contribution in [2.24, 2.45) is 0 Å². The molecule has 0 saturated carbocycles. The van der Waals surface area contributed by atoms with E-state index in [0.717, 1.165) is 17.7 Å². The normalized spacial score (nSPS) is 10.6. The number of methoxy groups -OCH3 is 1. The number of rotatable bonds is 4. The molecule has 0 unspecified atom stereocenters. The number of alkyl halides is 1. The fourth-order valence-electron chi connectivity index (χ4n) is 1.08. The van der Waals surface area contributed by atoms with Crippen molar-refractivity contribution in [1.82, 2.24) is 0 Å². The molecule has 0 N–H and O–H groups in total. The Hall–Kier alpha value is -0.950. The van der Waals surface area contributed by atoms with E-state index in [9.17, 15) is 0 Å². The molecule has 0 aliphatic carbocycles. The summed E-state index contributed by atoms with van der Waals surface area (Å²) in [5.74, 6) is 1.55. The van der Waals surface area contributed by atoms with Crippen molar-refractivity contribution < 1.29 is 4.74 Å². The molecule has 70 valence electrons. The van der Waals surface area contributed by atoms with Gasteiger partial charge in [0.05, 0.1) is 7.11 Å². The predicted octanol–water partition coefficient (Wildman–Crippen LogP) is 3.34. The Morgan fingerprint density at radius 3 is 2.85 bits per heavy atom. The van der Waals surface area contributed by atoms with Crippen LogP contribution in [0.25, 0.3) is 6.08 Å². The van der Waals surface area contributed by atoms with Gasteiger partial charge < -0.3 is 4.74 Å². The van der Waals surface area contributed by atoms with Gasteiger partial charge >= 0.3 is 0 Å². The number of hydrogen-bond acceptors (Lipinski definition) is 1. The van der Waals surface area contributed by atoms with E-state index >= 15 is 0 Å². The van der Waals surface area contributed by atoms with Crippen LogP contribution in [0.2, 0.25) is 0 Å². The zero-order valence-corrected chi connectivity index (χ0v) is 8.42. The molecule has 13 heavy (non-hydrogen) atoms. The first-order valence-electron chi connectivity index (χ1n) is 4.24. The summed E-state index contributed by atoms with van der Waals surface area (Å²) < 4.78 is 5.19. The van der Waals surface area contributed by atoms with E-state index in [1.165, 1.54) is 0 Å². The average Bonchev–Trinajstić information content (AvgIpc) is 2.19. The highest BCUT2D eigenvalue weighted by Crippen LogP contribution is 2.18. The maximum atomic E-state index is 5.56. The van der Waals surface area contributed by atoms with Gasteiger partial charge in [-0.3, -0.25) is 0 Å². The third-order valence-corrected chi connectivity index (χ3v) is 1.93. The van der Waals surface area contributed by atoms with E-state index in [1.807, 2.05) is 36.4 Å². The van der Waals surface area contributed by atoms with Crippen molar-refractivity contribution >= 4 is 17.7 Å². The Morgan fingerprint density at radius 1 is 1.38 bits per heavy atom. The van der Waals surface area contributed by atoms with Gasteiger partial charge in [0.1, 0.15) is 5.75 Å². The lowest BCUT2D eigenvalue weighted by atomic mass is 10.2. The molecule has 1 rings (SSSR count). The predicted molar refractivity (Wildman–Crippen MR) is 57.4 cm³/mol. The van der Waals surface area contributed by atoms with Crippen LogP contribution in [0.3, 0.4) is 0 Å². The second-order valence-electron chi connectivity index (χ2n) is 2.62. The van der Waals surface area contributed by atoms with Gasteiger partial charge in [0.2, 0.25) is 0 Å². The van der Waals surface area contributed by atoms with Gasteiger partial charge in [-0.25, -0.2) is 0 Å². The van der Waals surface area contributed by atoms with Crippen LogP contribution >= 0.6 is 11.6 Å². The minimum absolute atomic E-state index is 0.658. The Labute approximate surface area is 84.0 Å². The van der Waals surface area contributed by atoms with E-state index in [1.54, 1.807) is 7.11 Å². The highest BCUT2D eigenvalue weighted by molar-refractivity contribution is 6.17. The summed E-state index contributed by atoms with van der Waals surface area (Å²) in [6.07, 6.45) is 4.96. The van der Waals surface area contributed by atoms with Crippen LogP contribution in [0.4, 0.5) is 0 Å². The van der Waals surface area contributed by atoms with E-state index in [2.05, 4.69) is 0 Å². The molecule has 0 heterocycles. The zero-order valence-electron chi connectivity index (χ0n) is 7.66. The van der Waals surface area contributed by atoms with E-state index in [4.69, 9.17) is 16.3 Å². The Balaban J connectivity index is 2.74. The van der Waals surface area contributed by atoms with E-state index in [-0.39, 0.29) is 0 Å². The molecular formula is C11H13ClO. The Morgan fingerprint density at radius 2 is 2.15 bits per heavy atom. The molecule has 0 aliphatic rings. The summed E-state index contributed by atoms with van der Waals surface area (Å²) in [6, 6.07) is 7.91. The number of hydrogen-bond donors (Lipinski definition) is 0. The first kappa shape index (κ1) is 10.1. The number of ether oxygens (including phenoxy) is 1. The molecule has 0 radical (unpaired) electrons. The van der Waals surface area contributed by atoms with Crippen molar-refractivity contribution in [1.29, 1.82) is 0 Å². The smallest absolute Gasteiger partial charge is 0.126 e. The molecule has 0 amide bonds. The van der Waals surface area contributed by atoms with Gasteiger partial charge in [0.25, 0.3) is 0 Å². The second-order valence-corrected chi connectivity index (χ2v) is 3.00. The third-order valence-electron chi connectivity index (χ3n) is 1.71. The van der Waals surface area contributed by atoms with Crippen LogP contribution in [0.5, 0.6) is 5.75 Å². The quantitative estimate of drug-likeness (QED) is 0.672. The van der Waals surface area contributed by atoms with Crippen molar-refractivity contribution in [2.45, 2.75) is 6.42 Å². The van der Waals surface area contributed by atoms with Gasteiger partial charge in [0.15, 0.2) is 0 Å². The van der Waals surface area contributed by atoms with Gasteiger partial charge in [-0.2, -0.15) is 0 Å². The van der Waals surface area contributed by atoms with Crippen LogP contribution in [0.15, 0.2) is 30.3 Å². The average molecular weight is 197 g/mol. The van der Waals surface area contributed by atoms with E-state index in [0.29, 0.717) is 5.88 Å². The number of halogens is 1. The molecule has 0 aliphatic heterocycles. The first-order valence-corrected chi connectivity index (χ1v) is 4.77.